The lowest BCUT2D eigenvalue weighted by Gasteiger charge is -2.24. The Morgan fingerprint density at radius 3 is 2.30 bits per heavy atom. The first-order valence-electron chi connectivity index (χ1n) is 6.77. The zero-order valence-electron chi connectivity index (χ0n) is 10.9. The van der Waals surface area contributed by atoms with E-state index in [4.69, 9.17) is 0 Å². The molecular weight excluding hydrogens is 250 g/mol. The molecule has 2 aromatic rings. The monoisotopic (exact) mass is 263 g/mol. The van der Waals surface area contributed by atoms with Gasteiger partial charge in [-0.2, -0.15) is 0 Å². The first-order chi connectivity index (χ1) is 9.74. The van der Waals surface area contributed by atoms with E-state index in [1.165, 1.54) is 0 Å². The standard InChI is InChI=1S/C17H13NO2/c19-15-13-8-4-5-9-14(13)18(17(15)10-11-17)16(20)12-6-2-1-3-7-12/h1-9H,10-11H2. The molecule has 0 N–H and O–H groups in total. The second-order valence-corrected chi connectivity index (χ2v) is 5.38. The molecule has 0 saturated heterocycles. The van der Waals surface area contributed by atoms with Crippen molar-refractivity contribution in [2.75, 3.05) is 4.90 Å². The molecule has 1 aliphatic carbocycles. The Morgan fingerprint density at radius 2 is 1.60 bits per heavy atom. The zero-order valence-corrected chi connectivity index (χ0v) is 10.9. The van der Waals surface area contributed by atoms with Gasteiger partial charge in [-0.1, -0.05) is 30.3 Å². The van der Waals surface area contributed by atoms with E-state index in [1.807, 2.05) is 42.5 Å². The Hall–Kier alpha value is -2.42. The lowest BCUT2D eigenvalue weighted by molar-refractivity contribution is 0.0903. The van der Waals surface area contributed by atoms with Gasteiger partial charge >= 0.3 is 0 Å². The van der Waals surface area contributed by atoms with Crippen LogP contribution in [0.3, 0.4) is 0 Å². The molecule has 3 heteroatoms. The number of para-hydroxylation sites is 1. The number of benzene rings is 2. The normalized spacial score (nSPS) is 18.2. The summed E-state index contributed by atoms with van der Waals surface area (Å²) < 4.78 is 0. The lowest BCUT2D eigenvalue weighted by atomic mass is 10.1. The van der Waals surface area contributed by atoms with Crippen molar-refractivity contribution in [3.05, 3.63) is 65.7 Å². The minimum Gasteiger partial charge on any atom is -0.294 e. The highest BCUT2D eigenvalue weighted by molar-refractivity contribution is 6.24. The molecule has 0 aromatic heterocycles. The number of Topliss-reactive ketones (excluding diaryl/α,β-unsaturated/α-hetero) is 1. The largest absolute Gasteiger partial charge is 0.294 e. The minimum atomic E-state index is -0.601. The molecule has 1 spiro atoms. The van der Waals surface area contributed by atoms with Crippen LogP contribution in [0.5, 0.6) is 0 Å². The average Bonchev–Trinajstić information content (AvgIpc) is 3.25. The van der Waals surface area contributed by atoms with E-state index in [2.05, 4.69) is 0 Å². The molecule has 1 aliphatic heterocycles. The number of carbonyl (C=O) groups is 2. The number of ketones is 1. The fourth-order valence-electron chi connectivity index (χ4n) is 3.03. The highest BCUT2D eigenvalue weighted by Gasteiger charge is 2.61. The van der Waals surface area contributed by atoms with Crippen LogP contribution in [0.25, 0.3) is 0 Å². The number of nitrogens with zero attached hydrogens (tertiary/aromatic N) is 1. The zero-order chi connectivity index (χ0) is 13.7. The van der Waals surface area contributed by atoms with Gasteiger partial charge in [0.15, 0.2) is 5.78 Å². The van der Waals surface area contributed by atoms with Crippen molar-refractivity contribution in [2.24, 2.45) is 0 Å². The number of amides is 1. The van der Waals surface area contributed by atoms with Gasteiger partial charge in [-0.15, -0.1) is 0 Å². The molecular formula is C17H13NO2. The van der Waals surface area contributed by atoms with Crippen LogP contribution in [-0.2, 0) is 0 Å². The molecule has 0 atom stereocenters. The molecule has 0 unspecified atom stereocenters. The molecule has 0 radical (unpaired) electrons. The van der Waals surface area contributed by atoms with Gasteiger partial charge in [-0.05, 0) is 37.1 Å². The second-order valence-electron chi connectivity index (χ2n) is 5.38. The van der Waals surface area contributed by atoms with Crippen LogP contribution in [0.4, 0.5) is 5.69 Å². The lowest BCUT2D eigenvalue weighted by Crippen LogP contribution is -2.42. The van der Waals surface area contributed by atoms with Crippen LogP contribution < -0.4 is 4.90 Å². The van der Waals surface area contributed by atoms with Crippen LogP contribution in [0, 0.1) is 0 Å². The Kier molecular flexibility index (Phi) is 2.16. The van der Waals surface area contributed by atoms with Crippen molar-refractivity contribution in [1.82, 2.24) is 0 Å². The summed E-state index contributed by atoms with van der Waals surface area (Å²) in [5.74, 6) is 0.0128. The van der Waals surface area contributed by atoms with Crippen LogP contribution >= 0.6 is 0 Å². The van der Waals surface area contributed by atoms with E-state index in [-0.39, 0.29) is 11.7 Å². The molecule has 1 heterocycles. The third-order valence-corrected chi connectivity index (χ3v) is 4.19. The van der Waals surface area contributed by atoms with Gasteiger partial charge in [-0.3, -0.25) is 14.5 Å². The number of hydrogen-bond donors (Lipinski definition) is 0. The highest BCUT2D eigenvalue weighted by Crippen LogP contribution is 2.53. The molecule has 1 amide bonds. The summed E-state index contributed by atoms with van der Waals surface area (Å²) in [4.78, 5) is 27.0. The van der Waals surface area contributed by atoms with E-state index in [9.17, 15) is 9.59 Å². The van der Waals surface area contributed by atoms with Crippen LogP contribution in [0.1, 0.15) is 33.6 Å². The quantitative estimate of drug-likeness (QED) is 0.793. The molecule has 98 valence electrons. The summed E-state index contributed by atoms with van der Waals surface area (Å²) in [7, 11) is 0. The van der Waals surface area contributed by atoms with Crippen molar-refractivity contribution in [3.8, 4) is 0 Å². The topological polar surface area (TPSA) is 37.4 Å². The van der Waals surface area contributed by atoms with Crippen molar-refractivity contribution < 1.29 is 9.59 Å². The number of rotatable bonds is 1. The molecule has 3 nitrogen and oxygen atoms in total. The van der Waals surface area contributed by atoms with Crippen LogP contribution in [0.2, 0.25) is 0 Å². The molecule has 2 aromatic carbocycles. The second kappa shape index (κ2) is 3.79. The summed E-state index contributed by atoms with van der Waals surface area (Å²) >= 11 is 0. The minimum absolute atomic E-state index is 0.0820. The van der Waals surface area contributed by atoms with E-state index < -0.39 is 5.54 Å². The van der Waals surface area contributed by atoms with Gasteiger partial charge in [0.05, 0.1) is 5.69 Å². The summed E-state index contributed by atoms with van der Waals surface area (Å²) in [6.07, 6.45) is 1.53. The predicted octanol–water partition coefficient (Wildman–Crippen LogP) is 3.06. The summed E-state index contributed by atoms with van der Waals surface area (Å²) in [6, 6.07) is 16.6. The van der Waals surface area contributed by atoms with Crippen molar-refractivity contribution in [3.63, 3.8) is 0 Å². The van der Waals surface area contributed by atoms with Crippen LogP contribution in [-0.4, -0.2) is 17.2 Å². The fraction of sp³-hybridized carbons (Fsp3) is 0.176. The van der Waals surface area contributed by atoms with Gasteiger partial charge in [0.2, 0.25) is 0 Å². The third-order valence-electron chi connectivity index (χ3n) is 4.19. The molecule has 2 aliphatic rings. The first kappa shape index (κ1) is 11.4. The molecule has 1 saturated carbocycles. The molecule has 20 heavy (non-hydrogen) atoms. The van der Waals surface area contributed by atoms with Gasteiger partial charge in [0.1, 0.15) is 5.54 Å². The van der Waals surface area contributed by atoms with Crippen molar-refractivity contribution in [2.45, 2.75) is 18.4 Å². The van der Waals surface area contributed by atoms with Gasteiger partial charge in [-0.25, -0.2) is 0 Å². The summed E-state index contributed by atoms with van der Waals surface area (Å²) in [5.41, 5.74) is 1.46. The average molecular weight is 263 g/mol. The van der Waals surface area contributed by atoms with Gasteiger partial charge in [0, 0.05) is 11.1 Å². The van der Waals surface area contributed by atoms with Crippen LogP contribution in [0.15, 0.2) is 54.6 Å². The summed E-state index contributed by atoms with van der Waals surface area (Å²) in [6.45, 7) is 0. The number of hydrogen-bond acceptors (Lipinski definition) is 2. The summed E-state index contributed by atoms with van der Waals surface area (Å²) in [5, 5.41) is 0. The fourth-order valence-corrected chi connectivity index (χ4v) is 3.03. The highest BCUT2D eigenvalue weighted by atomic mass is 16.2. The number of anilines is 1. The third kappa shape index (κ3) is 1.35. The van der Waals surface area contributed by atoms with Crippen molar-refractivity contribution in [1.29, 1.82) is 0 Å². The first-order valence-corrected chi connectivity index (χ1v) is 6.77. The number of fused-ring (bicyclic) bond motifs is 1. The van der Waals surface area contributed by atoms with E-state index >= 15 is 0 Å². The maximum Gasteiger partial charge on any atom is 0.259 e. The van der Waals surface area contributed by atoms with E-state index in [0.29, 0.717) is 11.1 Å². The Labute approximate surface area is 116 Å². The smallest absolute Gasteiger partial charge is 0.259 e. The molecule has 1 fully saturated rings. The maximum absolute atomic E-state index is 12.8. The maximum atomic E-state index is 12.8. The predicted molar refractivity (Wildman–Crippen MR) is 76.0 cm³/mol. The Bertz CT molecular complexity index is 717. The Morgan fingerprint density at radius 1 is 0.950 bits per heavy atom. The Balaban J connectivity index is 1.86. The molecule has 0 bridgehead atoms. The molecule has 4 rings (SSSR count). The van der Waals surface area contributed by atoms with Gasteiger partial charge in [0.25, 0.3) is 5.91 Å². The number of carbonyl (C=O) groups excluding carboxylic acids is 2. The van der Waals surface area contributed by atoms with E-state index in [0.717, 1.165) is 18.5 Å². The van der Waals surface area contributed by atoms with Gasteiger partial charge < -0.3 is 0 Å². The SMILES string of the molecule is O=C(c1ccccc1)N1c2ccccc2C(=O)C12CC2. The van der Waals surface area contributed by atoms with Crippen molar-refractivity contribution >= 4 is 17.4 Å². The van der Waals surface area contributed by atoms with E-state index in [1.54, 1.807) is 17.0 Å².